The second kappa shape index (κ2) is 7.77. The van der Waals surface area contributed by atoms with Gasteiger partial charge >= 0.3 is 0 Å². The second-order valence-electron chi connectivity index (χ2n) is 6.39. The molecule has 2 rings (SSSR count). The molecule has 0 saturated heterocycles. The molecule has 0 bridgehead atoms. The number of anilines is 1. The Morgan fingerprint density at radius 3 is 2.56 bits per heavy atom. The van der Waals surface area contributed by atoms with Crippen LogP contribution in [-0.2, 0) is 11.3 Å². The number of hydrogen-bond acceptors (Lipinski definition) is 6. The van der Waals surface area contributed by atoms with E-state index in [4.69, 9.17) is 0 Å². The number of nitrogens with one attached hydrogen (secondary N) is 1. The number of aryl methyl sites for hydroxylation is 1. The summed E-state index contributed by atoms with van der Waals surface area (Å²) < 4.78 is 1.76. The molecule has 2 aromatic rings. The van der Waals surface area contributed by atoms with Gasteiger partial charge < -0.3 is 10.2 Å². The highest BCUT2D eigenvalue weighted by atomic mass is 32.1. The van der Waals surface area contributed by atoms with Crippen LogP contribution in [0, 0.1) is 13.8 Å². The third-order valence-corrected chi connectivity index (χ3v) is 5.02. The maximum Gasteiger partial charge on any atom is 0.222 e. The minimum Gasteiger partial charge on any atom is -0.354 e. The summed E-state index contributed by atoms with van der Waals surface area (Å²) in [6.45, 7) is 7.55. The first kappa shape index (κ1) is 19.1. The molecule has 1 atom stereocenters. The molecule has 1 N–H and O–H groups in total. The predicted octanol–water partition coefficient (Wildman–Crippen LogP) is 2.49. The first-order valence-corrected chi connectivity index (χ1v) is 9.03. The fourth-order valence-electron chi connectivity index (χ4n) is 2.80. The number of carbonyl (C=O) groups excluding carboxylic acids is 2. The van der Waals surface area contributed by atoms with E-state index in [1.54, 1.807) is 16.0 Å². The van der Waals surface area contributed by atoms with E-state index < -0.39 is 0 Å². The van der Waals surface area contributed by atoms with Gasteiger partial charge in [0.1, 0.15) is 0 Å². The summed E-state index contributed by atoms with van der Waals surface area (Å²) in [5.41, 5.74) is 3.00. The van der Waals surface area contributed by atoms with Crippen LogP contribution in [0.25, 0.3) is 0 Å². The van der Waals surface area contributed by atoms with Crippen LogP contribution in [0.4, 0.5) is 5.13 Å². The van der Waals surface area contributed by atoms with Gasteiger partial charge in [-0.15, -0.1) is 11.3 Å². The zero-order valence-corrected chi connectivity index (χ0v) is 16.4. The molecule has 8 heteroatoms. The SMILES string of the molecule is CC(=O)c1c(C)nn([C@@H](C)CC(=O)NCc2csc(N(C)C)n2)c1C. The molecule has 136 valence electrons. The van der Waals surface area contributed by atoms with Crippen LogP contribution < -0.4 is 10.2 Å². The average molecular weight is 363 g/mol. The number of carbonyl (C=O) groups is 2. The molecule has 0 radical (unpaired) electrons. The zero-order valence-electron chi connectivity index (χ0n) is 15.6. The summed E-state index contributed by atoms with van der Waals surface area (Å²) in [4.78, 5) is 30.3. The van der Waals surface area contributed by atoms with Crippen molar-refractivity contribution >= 4 is 28.2 Å². The van der Waals surface area contributed by atoms with Gasteiger partial charge in [0, 0.05) is 31.6 Å². The van der Waals surface area contributed by atoms with E-state index in [1.165, 1.54) is 6.92 Å². The molecule has 7 nitrogen and oxygen atoms in total. The van der Waals surface area contributed by atoms with Gasteiger partial charge in [-0.25, -0.2) is 4.98 Å². The summed E-state index contributed by atoms with van der Waals surface area (Å²) in [6, 6.07) is -0.125. The Balaban J connectivity index is 1.96. The number of ketones is 1. The Morgan fingerprint density at radius 1 is 1.36 bits per heavy atom. The van der Waals surface area contributed by atoms with Crippen molar-refractivity contribution in [2.75, 3.05) is 19.0 Å². The molecule has 2 heterocycles. The van der Waals surface area contributed by atoms with E-state index in [-0.39, 0.29) is 17.7 Å². The van der Waals surface area contributed by atoms with Crippen LogP contribution in [-0.4, -0.2) is 40.6 Å². The maximum atomic E-state index is 12.2. The van der Waals surface area contributed by atoms with Gasteiger partial charge in [-0.05, 0) is 27.7 Å². The Morgan fingerprint density at radius 2 is 2.04 bits per heavy atom. The summed E-state index contributed by atoms with van der Waals surface area (Å²) >= 11 is 1.55. The van der Waals surface area contributed by atoms with Gasteiger partial charge in [0.25, 0.3) is 0 Å². The fourth-order valence-corrected chi connectivity index (χ4v) is 3.56. The third-order valence-electron chi connectivity index (χ3n) is 3.96. The lowest BCUT2D eigenvalue weighted by atomic mass is 10.1. The smallest absolute Gasteiger partial charge is 0.222 e. The summed E-state index contributed by atoms with van der Waals surface area (Å²) in [5, 5.41) is 10.2. The van der Waals surface area contributed by atoms with E-state index >= 15 is 0 Å². The lowest BCUT2D eigenvalue weighted by Gasteiger charge is -2.14. The maximum absolute atomic E-state index is 12.2. The van der Waals surface area contributed by atoms with E-state index in [1.807, 2.05) is 45.1 Å². The highest BCUT2D eigenvalue weighted by molar-refractivity contribution is 7.13. The molecule has 0 aliphatic rings. The average Bonchev–Trinajstić information content (AvgIpc) is 3.09. The summed E-state index contributed by atoms with van der Waals surface area (Å²) in [5.74, 6) is -0.0676. The van der Waals surface area contributed by atoms with Crippen molar-refractivity contribution in [2.24, 2.45) is 0 Å². The van der Waals surface area contributed by atoms with Crippen molar-refractivity contribution in [1.82, 2.24) is 20.1 Å². The lowest BCUT2D eigenvalue weighted by Crippen LogP contribution is -2.26. The molecular formula is C17H25N5O2S. The third kappa shape index (κ3) is 4.45. The molecule has 0 aliphatic heterocycles. The highest BCUT2D eigenvalue weighted by Gasteiger charge is 2.20. The topological polar surface area (TPSA) is 80.1 Å². The van der Waals surface area contributed by atoms with Crippen LogP contribution in [0.1, 0.15) is 53.7 Å². The van der Waals surface area contributed by atoms with Gasteiger partial charge in [-0.2, -0.15) is 5.10 Å². The molecule has 2 aromatic heterocycles. The van der Waals surface area contributed by atoms with E-state index in [9.17, 15) is 9.59 Å². The Bertz CT molecular complexity index is 778. The fraction of sp³-hybridized carbons (Fsp3) is 0.529. The number of nitrogens with zero attached hydrogens (tertiary/aromatic N) is 4. The predicted molar refractivity (Wildman–Crippen MR) is 99.3 cm³/mol. The minimum absolute atomic E-state index is 0.00173. The van der Waals surface area contributed by atoms with E-state index in [0.717, 1.165) is 16.5 Å². The number of rotatable bonds is 7. The lowest BCUT2D eigenvalue weighted by molar-refractivity contribution is -0.122. The number of hydrogen-bond donors (Lipinski definition) is 1. The highest BCUT2D eigenvalue weighted by Crippen LogP contribution is 2.20. The Labute approximate surface area is 152 Å². The van der Waals surface area contributed by atoms with Crippen LogP contribution in [0.3, 0.4) is 0 Å². The first-order valence-electron chi connectivity index (χ1n) is 8.15. The molecule has 0 aromatic carbocycles. The van der Waals surface area contributed by atoms with Crippen LogP contribution in [0.2, 0.25) is 0 Å². The Kier molecular flexibility index (Phi) is 5.94. The molecular weight excluding hydrogens is 338 g/mol. The summed E-state index contributed by atoms with van der Waals surface area (Å²) in [6.07, 6.45) is 0.296. The largest absolute Gasteiger partial charge is 0.354 e. The van der Waals surface area contributed by atoms with Gasteiger partial charge in [0.05, 0.1) is 29.5 Å². The van der Waals surface area contributed by atoms with E-state index in [2.05, 4.69) is 15.4 Å². The van der Waals surface area contributed by atoms with Crippen molar-refractivity contribution < 1.29 is 9.59 Å². The monoisotopic (exact) mass is 363 g/mol. The zero-order chi connectivity index (χ0) is 18.7. The molecule has 25 heavy (non-hydrogen) atoms. The van der Waals surface area contributed by atoms with Gasteiger partial charge in [-0.1, -0.05) is 0 Å². The molecule has 1 amide bonds. The molecule has 0 spiro atoms. The second-order valence-corrected chi connectivity index (χ2v) is 7.23. The molecule has 0 saturated carbocycles. The molecule has 0 fully saturated rings. The van der Waals surface area contributed by atoms with Crippen molar-refractivity contribution in [3.05, 3.63) is 28.0 Å². The van der Waals surface area contributed by atoms with Crippen LogP contribution >= 0.6 is 11.3 Å². The van der Waals surface area contributed by atoms with Crippen molar-refractivity contribution in [2.45, 2.75) is 46.7 Å². The molecule has 0 aliphatic carbocycles. The quantitative estimate of drug-likeness (QED) is 0.765. The van der Waals surface area contributed by atoms with Crippen LogP contribution in [0.5, 0.6) is 0 Å². The minimum atomic E-state index is -0.125. The normalized spacial score (nSPS) is 12.1. The van der Waals surface area contributed by atoms with Gasteiger partial charge in [0.2, 0.25) is 5.91 Å². The number of thiazole rings is 1. The first-order chi connectivity index (χ1) is 11.7. The summed E-state index contributed by atoms with van der Waals surface area (Å²) in [7, 11) is 3.87. The van der Waals surface area contributed by atoms with Crippen molar-refractivity contribution in [3.63, 3.8) is 0 Å². The standard InChI is InChI=1S/C17H25N5O2S/c1-10(22-12(3)16(13(4)23)11(2)20-22)7-15(24)18-8-14-9-25-17(19-14)21(5)6/h9-10H,7-8H2,1-6H3,(H,18,24)/t10-/m0/s1. The number of Topliss-reactive ketones (excluding diaryl/α,β-unsaturated/α-hetero) is 1. The number of amides is 1. The van der Waals surface area contributed by atoms with Crippen molar-refractivity contribution in [3.8, 4) is 0 Å². The van der Waals surface area contributed by atoms with Gasteiger partial charge in [-0.3, -0.25) is 14.3 Å². The number of aromatic nitrogens is 3. The van der Waals surface area contributed by atoms with Crippen LogP contribution in [0.15, 0.2) is 5.38 Å². The Hall–Kier alpha value is -2.22. The van der Waals surface area contributed by atoms with E-state index in [0.29, 0.717) is 24.2 Å². The van der Waals surface area contributed by atoms with Crippen molar-refractivity contribution in [1.29, 1.82) is 0 Å². The van der Waals surface area contributed by atoms with Gasteiger partial charge in [0.15, 0.2) is 10.9 Å². The molecule has 0 unspecified atom stereocenters.